The monoisotopic (exact) mass is 416 g/mol. The molecule has 0 spiro atoms. The van der Waals surface area contributed by atoms with Crippen molar-refractivity contribution in [2.75, 3.05) is 11.4 Å². The largest absolute Gasteiger partial charge is 0.435 e. The number of aromatic nitrogens is 2. The maximum absolute atomic E-state index is 13.1. The second kappa shape index (κ2) is 8.40. The fraction of sp³-hybridized carbons (Fsp3) is 0.190. The van der Waals surface area contributed by atoms with E-state index in [0.717, 1.165) is 16.3 Å². The van der Waals surface area contributed by atoms with Gasteiger partial charge >= 0.3 is 6.18 Å². The standard InChI is InChI=1S/C21H19F3N4O2/c1-14-3-2-4-17(13-14)27(11-10-19(25)29)20(30)15-5-7-16(8-6-15)28-12-9-18(26-28)21(22,23)24/h2-9,12-13H,10-11H2,1H3,(H2,25,29). The summed E-state index contributed by atoms with van der Waals surface area (Å²) in [5, 5.41) is 3.51. The smallest absolute Gasteiger partial charge is 0.370 e. The molecule has 1 aromatic heterocycles. The van der Waals surface area contributed by atoms with Crippen LogP contribution in [0.25, 0.3) is 5.69 Å². The van der Waals surface area contributed by atoms with E-state index in [0.29, 0.717) is 16.9 Å². The first-order chi connectivity index (χ1) is 14.1. The number of benzene rings is 2. The van der Waals surface area contributed by atoms with E-state index in [-0.39, 0.29) is 18.9 Å². The van der Waals surface area contributed by atoms with Gasteiger partial charge in [0.1, 0.15) is 0 Å². The van der Waals surface area contributed by atoms with E-state index in [4.69, 9.17) is 5.73 Å². The molecule has 0 aliphatic carbocycles. The fourth-order valence-corrected chi connectivity index (χ4v) is 2.90. The van der Waals surface area contributed by atoms with Crippen LogP contribution in [-0.4, -0.2) is 28.1 Å². The van der Waals surface area contributed by atoms with Crippen molar-refractivity contribution < 1.29 is 22.8 Å². The highest BCUT2D eigenvalue weighted by molar-refractivity contribution is 6.06. The summed E-state index contributed by atoms with van der Waals surface area (Å²) in [5.41, 5.74) is 6.49. The van der Waals surface area contributed by atoms with Crippen molar-refractivity contribution in [3.05, 3.63) is 77.6 Å². The van der Waals surface area contributed by atoms with E-state index in [1.165, 1.54) is 35.4 Å². The third-order valence-electron chi connectivity index (χ3n) is 4.40. The Labute approximate surface area is 170 Å². The van der Waals surface area contributed by atoms with Gasteiger partial charge in [-0.25, -0.2) is 4.68 Å². The van der Waals surface area contributed by atoms with Crippen LogP contribution in [0.15, 0.2) is 60.8 Å². The van der Waals surface area contributed by atoms with Crippen LogP contribution in [0.2, 0.25) is 0 Å². The predicted octanol–water partition coefficient (Wildman–Crippen LogP) is 3.72. The SMILES string of the molecule is Cc1cccc(N(CCC(N)=O)C(=O)c2ccc(-n3ccc(C(F)(F)F)n3)cc2)c1. The topological polar surface area (TPSA) is 81.2 Å². The summed E-state index contributed by atoms with van der Waals surface area (Å²) >= 11 is 0. The number of amides is 2. The van der Waals surface area contributed by atoms with Crippen molar-refractivity contribution in [2.45, 2.75) is 19.5 Å². The molecule has 0 unspecified atom stereocenters. The number of nitrogens with two attached hydrogens (primary N) is 1. The first kappa shape index (κ1) is 21.1. The number of carbonyl (C=O) groups excluding carboxylic acids is 2. The lowest BCUT2D eigenvalue weighted by Crippen LogP contribution is -2.34. The minimum Gasteiger partial charge on any atom is -0.370 e. The molecule has 6 nitrogen and oxygen atoms in total. The zero-order valence-electron chi connectivity index (χ0n) is 16.1. The molecule has 3 rings (SSSR count). The molecule has 156 valence electrons. The average molecular weight is 416 g/mol. The van der Waals surface area contributed by atoms with Crippen LogP contribution in [0.1, 0.15) is 28.0 Å². The summed E-state index contributed by atoms with van der Waals surface area (Å²) in [5.74, 6) is -0.889. The Hall–Kier alpha value is -3.62. The van der Waals surface area contributed by atoms with Crippen molar-refractivity contribution in [1.82, 2.24) is 9.78 Å². The molecule has 0 fully saturated rings. The van der Waals surface area contributed by atoms with Crippen molar-refractivity contribution in [3.8, 4) is 5.69 Å². The third-order valence-corrected chi connectivity index (χ3v) is 4.40. The van der Waals surface area contributed by atoms with Gasteiger partial charge in [0, 0.05) is 30.4 Å². The van der Waals surface area contributed by atoms with Crippen LogP contribution in [0.3, 0.4) is 0 Å². The number of nitrogens with zero attached hydrogens (tertiary/aromatic N) is 3. The molecule has 2 amide bonds. The van der Waals surface area contributed by atoms with Crippen LogP contribution in [-0.2, 0) is 11.0 Å². The summed E-state index contributed by atoms with van der Waals surface area (Å²) in [7, 11) is 0. The lowest BCUT2D eigenvalue weighted by Gasteiger charge is -2.23. The molecule has 3 aromatic rings. The normalized spacial score (nSPS) is 11.3. The molecule has 9 heteroatoms. The zero-order valence-corrected chi connectivity index (χ0v) is 16.1. The molecular formula is C21H19F3N4O2. The highest BCUT2D eigenvalue weighted by atomic mass is 19.4. The van der Waals surface area contributed by atoms with Crippen molar-refractivity contribution in [3.63, 3.8) is 0 Å². The molecule has 0 bridgehead atoms. The summed E-state index contributed by atoms with van der Waals surface area (Å²) in [6, 6.07) is 14.1. The molecule has 0 aliphatic heterocycles. The third kappa shape index (κ3) is 4.86. The molecule has 0 radical (unpaired) electrons. The van der Waals surface area contributed by atoms with Crippen LogP contribution in [0.4, 0.5) is 18.9 Å². The van der Waals surface area contributed by atoms with Crippen LogP contribution in [0, 0.1) is 6.92 Å². The average Bonchev–Trinajstić information content (AvgIpc) is 3.19. The Bertz CT molecular complexity index is 1060. The maximum atomic E-state index is 13.1. The summed E-state index contributed by atoms with van der Waals surface area (Å²) in [6.45, 7) is 1.99. The van der Waals surface area contributed by atoms with Gasteiger partial charge in [-0.15, -0.1) is 0 Å². The molecule has 0 aliphatic rings. The van der Waals surface area contributed by atoms with Gasteiger partial charge in [-0.2, -0.15) is 18.3 Å². The number of aryl methyl sites for hydroxylation is 1. The second-order valence-corrected chi connectivity index (χ2v) is 6.70. The highest BCUT2D eigenvalue weighted by Gasteiger charge is 2.33. The van der Waals surface area contributed by atoms with Gasteiger partial charge in [0.25, 0.3) is 5.91 Å². The lowest BCUT2D eigenvalue weighted by molar-refractivity contribution is -0.141. The number of alkyl halides is 3. The molecular weight excluding hydrogens is 397 g/mol. The van der Waals surface area contributed by atoms with E-state index in [1.54, 1.807) is 12.1 Å². The van der Waals surface area contributed by atoms with E-state index in [2.05, 4.69) is 5.10 Å². The van der Waals surface area contributed by atoms with Crippen LogP contribution in [0.5, 0.6) is 0 Å². The molecule has 2 aromatic carbocycles. The van der Waals surface area contributed by atoms with E-state index in [1.807, 2.05) is 19.1 Å². The van der Waals surface area contributed by atoms with Gasteiger partial charge < -0.3 is 10.6 Å². The number of hydrogen-bond donors (Lipinski definition) is 1. The maximum Gasteiger partial charge on any atom is 0.435 e. The number of halogens is 3. The molecule has 0 saturated carbocycles. The van der Waals surface area contributed by atoms with Gasteiger partial charge in [0.05, 0.1) is 5.69 Å². The van der Waals surface area contributed by atoms with Crippen molar-refractivity contribution in [2.24, 2.45) is 5.73 Å². The Balaban J connectivity index is 1.86. The van der Waals surface area contributed by atoms with Gasteiger partial charge in [-0.1, -0.05) is 12.1 Å². The Morgan fingerprint density at radius 2 is 1.80 bits per heavy atom. The minimum absolute atomic E-state index is 0.00866. The fourth-order valence-electron chi connectivity index (χ4n) is 2.90. The number of hydrogen-bond acceptors (Lipinski definition) is 3. The van der Waals surface area contributed by atoms with Gasteiger partial charge in [-0.05, 0) is 55.0 Å². The first-order valence-corrected chi connectivity index (χ1v) is 9.05. The number of carbonyl (C=O) groups is 2. The van der Waals surface area contributed by atoms with Gasteiger partial charge in [0.15, 0.2) is 5.69 Å². The number of primary amides is 1. The van der Waals surface area contributed by atoms with Crippen molar-refractivity contribution in [1.29, 1.82) is 0 Å². The molecule has 0 atom stereocenters. The summed E-state index contributed by atoms with van der Waals surface area (Å²) in [4.78, 5) is 25.7. The first-order valence-electron chi connectivity index (χ1n) is 9.05. The van der Waals surface area contributed by atoms with E-state index < -0.39 is 17.8 Å². The molecule has 1 heterocycles. The van der Waals surface area contributed by atoms with E-state index in [9.17, 15) is 22.8 Å². The summed E-state index contributed by atoms with van der Waals surface area (Å²) in [6.07, 6.45) is -3.34. The quantitative estimate of drug-likeness (QED) is 0.665. The van der Waals surface area contributed by atoms with Gasteiger partial charge in [0.2, 0.25) is 5.91 Å². The van der Waals surface area contributed by atoms with Crippen molar-refractivity contribution >= 4 is 17.5 Å². The Morgan fingerprint density at radius 3 is 2.37 bits per heavy atom. The van der Waals surface area contributed by atoms with Crippen LogP contribution >= 0.6 is 0 Å². The molecule has 0 saturated heterocycles. The highest BCUT2D eigenvalue weighted by Crippen LogP contribution is 2.28. The van der Waals surface area contributed by atoms with E-state index >= 15 is 0 Å². The summed E-state index contributed by atoms with van der Waals surface area (Å²) < 4.78 is 39.3. The van der Waals surface area contributed by atoms with Crippen LogP contribution < -0.4 is 10.6 Å². The van der Waals surface area contributed by atoms with Gasteiger partial charge in [-0.3, -0.25) is 9.59 Å². The molecule has 2 N–H and O–H groups in total. The zero-order chi connectivity index (χ0) is 21.9. The predicted molar refractivity (Wildman–Crippen MR) is 105 cm³/mol. The Kier molecular flexibility index (Phi) is 5.91. The Morgan fingerprint density at radius 1 is 1.10 bits per heavy atom. The molecule has 30 heavy (non-hydrogen) atoms. The second-order valence-electron chi connectivity index (χ2n) is 6.70. The number of anilines is 1. The lowest BCUT2D eigenvalue weighted by atomic mass is 10.1. The minimum atomic E-state index is -4.53. The number of rotatable bonds is 6.